The fraction of sp³-hybridized carbons (Fsp3) is 0.609. The Morgan fingerprint density at radius 2 is 1.67 bits per heavy atom. The van der Waals surface area contributed by atoms with Crippen LogP contribution in [-0.4, -0.2) is 51.7 Å². The summed E-state index contributed by atoms with van der Waals surface area (Å²) in [5.41, 5.74) is 0.920. The van der Waals surface area contributed by atoms with E-state index in [2.05, 4.69) is 16.9 Å². The van der Waals surface area contributed by atoms with Gasteiger partial charge >= 0.3 is 0 Å². The quantitative estimate of drug-likeness (QED) is 0.366. The summed E-state index contributed by atoms with van der Waals surface area (Å²) in [7, 11) is 0. The zero-order chi connectivity index (χ0) is 21.2. The third kappa shape index (κ3) is 6.77. The summed E-state index contributed by atoms with van der Waals surface area (Å²) in [6.45, 7) is 6.03. The molecule has 1 aliphatic heterocycles. The molecule has 2 aromatic rings. The normalized spacial score (nSPS) is 14.9. The molecule has 7 heteroatoms. The Hall–Kier alpha value is -1.99. The Labute approximate surface area is 184 Å². The minimum atomic E-state index is 0.299. The minimum absolute atomic E-state index is 0.299. The highest BCUT2D eigenvalue weighted by Crippen LogP contribution is 2.17. The van der Waals surface area contributed by atoms with Crippen molar-refractivity contribution >= 4 is 18.1 Å². The molecule has 2 heterocycles. The van der Waals surface area contributed by atoms with E-state index in [1.807, 2.05) is 35.2 Å². The van der Waals surface area contributed by atoms with E-state index < -0.39 is 0 Å². The van der Waals surface area contributed by atoms with Crippen molar-refractivity contribution < 1.29 is 9.21 Å². The first-order chi connectivity index (χ1) is 14.7. The maximum absolute atomic E-state index is 12.5. The number of aromatic nitrogens is 2. The third-order valence-electron chi connectivity index (χ3n) is 5.68. The Morgan fingerprint density at radius 1 is 1.00 bits per heavy atom. The molecule has 6 nitrogen and oxygen atoms in total. The molecule has 1 amide bonds. The number of unbranched alkanes of at least 4 members (excludes halogenated alkanes) is 6. The van der Waals surface area contributed by atoms with Crippen LogP contribution < -0.4 is 0 Å². The van der Waals surface area contributed by atoms with Gasteiger partial charge in [-0.3, -0.25) is 9.69 Å². The van der Waals surface area contributed by atoms with Crippen LogP contribution in [0, 0.1) is 4.84 Å². The topological polar surface area (TPSA) is 54.5 Å². The number of piperazine rings is 1. The average Bonchev–Trinajstić information content (AvgIpc) is 3.14. The van der Waals surface area contributed by atoms with Gasteiger partial charge in [-0.1, -0.05) is 63.6 Å². The van der Waals surface area contributed by atoms with Gasteiger partial charge in [-0.15, -0.1) is 5.10 Å². The zero-order valence-corrected chi connectivity index (χ0v) is 18.9. The van der Waals surface area contributed by atoms with Crippen molar-refractivity contribution in [2.45, 2.75) is 65.0 Å². The Morgan fingerprint density at radius 3 is 2.37 bits per heavy atom. The van der Waals surface area contributed by atoms with E-state index in [1.165, 1.54) is 38.5 Å². The lowest BCUT2D eigenvalue weighted by atomic mass is 10.1. The SMILES string of the molecule is CCCCCCCCCC(=O)N1CCN(Cn2nc(-c3ccccc3)oc2=S)CC1. The van der Waals surface area contributed by atoms with Crippen LogP contribution in [0.15, 0.2) is 34.7 Å². The first-order valence-corrected chi connectivity index (χ1v) is 11.7. The Kier molecular flexibility index (Phi) is 9.08. The number of hydrogen-bond acceptors (Lipinski definition) is 5. The number of benzene rings is 1. The van der Waals surface area contributed by atoms with Crippen LogP contribution >= 0.6 is 12.2 Å². The van der Waals surface area contributed by atoms with Crippen molar-refractivity contribution in [3.63, 3.8) is 0 Å². The molecule has 1 aliphatic rings. The Bertz CT molecular complexity index is 825. The number of carbonyl (C=O) groups is 1. The van der Waals surface area contributed by atoms with Crippen LogP contribution in [0.25, 0.3) is 11.5 Å². The first kappa shape index (κ1) is 22.7. The molecular weight excluding hydrogens is 396 g/mol. The molecule has 164 valence electrons. The highest BCUT2D eigenvalue weighted by molar-refractivity contribution is 7.71. The van der Waals surface area contributed by atoms with Crippen molar-refractivity contribution in [1.29, 1.82) is 0 Å². The maximum Gasteiger partial charge on any atom is 0.288 e. The molecule has 0 atom stereocenters. The molecule has 0 spiro atoms. The molecule has 30 heavy (non-hydrogen) atoms. The number of rotatable bonds is 11. The van der Waals surface area contributed by atoms with Gasteiger partial charge in [0.05, 0.1) is 6.67 Å². The lowest BCUT2D eigenvalue weighted by Gasteiger charge is -2.34. The summed E-state index contributed by atoms with van der Waals surface area (Å²) in [5, 5.41) is 4.53. The van der Waals surface area contributed by atoms with Crippen molar-refractivity contribution in [2.24, 2.45) is 0 Å². The lowest BCUT2D eigenvalue weighted by molar-refractivity contribution is -0.133. The zero-order valence-electron chi connectivity index (χ0n) is 18.1. The van der Waals surface area contributed by atoms with E-state index in [1.54, 1.807) is 4.68 Å². The van der Waals surface area contributed by atoms with Crippen LogP contribution in [0.3, 0.4) is 0 Å². The summed E-state index contributed by atoms with van der Waals surface area (Å²) < 4.78 is 7.39. The average molecular weight is 431 g/mol. The standard InChI is InChI=1S/C23H34N4O2S/c1-2-3-4-5-6-7-11-14-21(28)26-17-15-25(16-18-26)19-27-23(30)29-22(24-27)20-12-9-8-10-13-20/h8-10,12-13H,2-7,11,14-19H2,1H3. The highest BCUT2D eigenvalue weighted by Gasteiger charge is 2.21. The Balaban J connectivity index is 1.38. The van der Waals surface area contributed by atoms with E-state index in [-0.39, 0.29) is 0 Å². The van der Waals surface area contributed by atoms with Crippen molar-refractivity contribution in [2.75, 3.05) is 26.2 Å². The monoisotopic (exact) mass is 430 g/mol. The van der Waals surface area contributed by atoms with Crippen LogP contribution in [-0.2, 0) is 11.5 Å². The molecule has 1 aromatic heterocycles. The molecule has 3 rings (SSSR count). The van der Waals surface area contributed by atoms with Crippen molar-refractivity contribution in [1.82, 2.24) is 19.6 Å². The summed E-state index contributed by atoms with van der Waals surface area (Å²) in [6, 6.07) is 9.79. The molecule has 0 radical (unpaired) electrons. The molecule has 0 unspecified atom stereocenters. The number of nitrogens with zero attached hydrogens (tertiary/aromatic N) is 4. The molecular formula is C23H34N4O2S. The molecule has 0 aliphatic carbocycles. The fourth-order valence-electron chi connectivity index (χ4n) is 3.81. The van der Waals surface area contributed by atoms with E-state index >= 15 is 0 Å². The number of amides is 1. The molecule has 1 aromatic carbocycles. The van der Waals surface area contributed by atoms with Gasteiger partial charge in [-0.05, 0) is 30.8 Å². The predicted molar refractivity (Wildman–Crippen MR) is 122 cm³/mol. The molecule has 1 fully saturated rings. The van der Waals surface area contributed by atoms with Gasteiger partial charge in [0.25, 0.3) is 4.84 Å². The van der Waals surface area contributed by atoms with Crippen molar-refractivity contribution in [3.05, 3.63) is 35.2 Å². The number of hydrogen-bond donors (Lipinski definition) is 0. The maximum atomic E-state index is 12.5. The second kappa shape index (κ2) is 12.0. The van der Waals surface area contributed by atoms with Gasteiger partial charge in [-0.25, -0.2) is 4.68 Å². The van der Waals surface area contributed by atoms with Crippen LogP contribution in [0.2, 0.25) is 0 Å². The van der Waals surface area contributed by atoms with E-state index in [0.29, 0.717) is 29.7 Å². The third-order valence-corrected chi connectivity index (χ3v) is 5.97. The van der Waals surface area contributed by atoms with Gasteiger partial charge in [0.15, 0.2) is 0 Å². The second-order valence-electron chi connectivity index (χ2n) is 8.05. The second-order valence-corrected chi connectivity index (χ2v) is 8.40. The molecule has 1 saturated heterocycles. The van der Waals surface area contributed by atoms with Gasteiger partial charge < -0.3 is 9.32 Å². The summed E-state index contributed by atoms with van der Waals surface area (Å²) >= 11 is 5.34. The predicted octanol–water partition coefficient (Wildman–Crippen LogP) is 5.11. The van der Waals surface area contributed by atoms with Crippen LogP contribution in [0.1, 0.15) is 58.3 Å². The van der Waals surface area contributed by atoms with Gasteiger partial charge in [0, 0.05) is 38.2 Å². The van der Waals surface area contributed by atoms with E-state index in [0.717, 1.165) is 38.2 Å². The largest absolute Gasteiger partial charge is 0.409 e. The van der Waals surface area contributed by atoms with Crippen molar-refractivity contribution in [3.8, 4) is 11.5 Å². The van der Waals surface area contributed by atoms with Gasteiger partial charge in [0.2, 0.25) is 11.8 Å². The van der Waals surface area contributed by atoms with Gasteiger partial charge in [0.1, 0.15) is 0 Å². The number of carbonyl (C=O) groups excluding carboxylic acids is 1. The summed E-state index contributed by atoms with van der Waals surface area (Å²) in [6.07, 6.45) is 9.36. The van der Waals surface area contributed by atoms with Gasteiger partial charge in [-0.2, -0.15) is 0 Å². The molecule has 0 N–H and O–H groups in total. The highest BCUT2D eigenvalue weighted by atomic mass is 32.1. The lowest BCUT2D eigenvalue weighted by Crippen LogP contribution is -2.49. The molecule has 0 bridgehead atoms. The summed E-state index contributed by atoms with van der Waals surface area (Å²) in [4.78, 5) is 17.1. The van der Waals surface area contributed by atoms with E-state index in [9.17, 15) is 4.79 Å². The van der Waals surface area contributed by atoms with E-state index in [4.69, 9.17) is 16.6 Å². The minimum Gasteiger partial charge on any atom is -0.409 e. The first-order valence-electron chi connectivity index (χ1n) is 11.3. The smallest absolute Gasteiger partial charge is 0.288 e. The van der Waals surface area contributed by atoms with Crippen LogP contribution in [0.4, 0.5) is 0 Å². The summed E-state index contributed by atoms with van der Waals surface area (Å²) in [5.74, 6) is 0.844. The fourth-order valence-corrected chi connectivity index (χ4v) is 3.99. The van der Waals surface area contributed by atoms with Crippen LogP contribution in [0.5, 0.6) is 0 Å². The molecule has 0 saturated carbocycles.